The van der Waals surface area contributed by atoms with Crippen molar-refractivity contribution in [2.45, 2.75) is 26.8 Å². The lowest BCUT2D eigenvalue weighted by Gasteiger charge is -2.06. The predicted molar refractivity (Wildman–Crippen MR) is 95.3 cm³/mol. The molecule has 3 aromatic rings. The van der Waals surface area contributed by atoms with Gasteiger partial charge < -0.3 is 4.74 Å². The molecule has 0 fully saturated rings. The van der Waals surface area contributed by atoms with Gasteiger partial charge in [0.05, 0.1) is 23.7 Å². The van der Waals surface area contributed by atoms with Crippen LogP contribution in [-0.4, -0.2) is 22.4 Å². The topological polar surface area (TPSA) is 61.2 Å². The Kier molecular flexibility index (Phi) is 4.49. The number of aryl methyl sites for hydroxylation is 3. The molecule has 0 saturated heterocycles. The number of rotatable bonds is 5. The highest BCUT2D eigenvalue weighted by Crippen LogP contribution is 2.27. The van der Waals surface area contributed by atoms with E-state index in [0.29, 0.717) is 21.6 Å². The summed E-state index contributed by atoms with van der Waals surface area (Å²) in [6.07, 6.45) is 2.29. The van der Waals surface area contributed by atoms with Gasteiger partial charge in [0.1, 0.15) is 10.6 Å². The van der Waals surface area contributed by atoms with Crippen molar-refractivity contribution in [2.24, 2.45) is 0 Å². The van der Waals surface area contributed by atoms with Crippen LogP contribution in [0.1, 0.15) is 27.7 Å². The van der Waals surface area contributed by atoms with E-state index in [2.05, 4.69) is 4.98 Å². The number of ketones is 1. The first kappa shape index (κ1) is 16.4. The smallest absolute Gasteiger partial charge is 0.262 e. The van der Waals surface area contributed by atoms with E-state index >= 15 is 0 Å². The van der Waals surface area contributed by atoms with Gasteiger partial charge in [0.15, 0.2) is 5.78 Å². The molecule has 2 heterocycles. The van der Waals surface area contributed by atoms with Gasteiger partial charge in [0.2, 0.25) is 0 Å². The molecule has 0 radical (unpaired) electrons. The second-order valence-electron chi connectivity index (χ2n) is 5.63. The number of benzene rings is 1. The van der Waals surface area contributed by atoms with Crippen LogP contribution in [-0.2, 0) is 13.0 Å². The van der Waals surface area contributed by atoms with Crippen LogP contribution >= 0.6 is 11.3 Å². The summed E-state index contributed by atoms with van der Waals surface area (Å²) in [5, 5.41) is 0.558. The monoisotopic (exact) mass is 342 g/mol. The minimum Gasteiger partial charge on any atom is -0.497 e. The second-order valence-corrected chi connectivity index (χ2v) is 6.63. The number of nitrogens with zero attached hydrogens (tertiary/aromatic N) is 2. The number of carbonyl (C=O) groups is 1. The molecule has 0 unspecified atom stereocenters. The fourth-order valence-electron chi connectivity index (χ4n) is 2.70. The Morgan fingerprint density at radius 2 is 2.00 bits per heavy atom. The van der Waals surface area contributed by atoms with E-state index in [-0.39, 0.29) is 11.3 Å². The van der Waals surface area contributed by atoms with Crippen LogP contribution < -0.4 is 10.3 Å². The highest BCUT2D eigenvalue weighted by atomic mass is 32.1. The van der Waals surface area contributed by atoms with Gasteiger partial charge >= 0.3 is 0 Å². The zero-order chi connectivity index (χ0) is 17.3. The summed E-state index contributed by atoms with van der Waals surface area (Å²) in [6.45, 7) is 3.87. The molecular formula is C18H18N2O3S. The van der Waals surface area contributed by atoms with Gasteiger partial charge in [-0.25, -0.2) is 4.98 Å². The van der Waals surface area contributed by atoms with E-state index in [0.717, 1.165) is 23.3 Å². The molecule has 3 rings (SSSR count). The van der Waals surface area contributed by atoms with Crippen LogP contribution in [0.25, 0.3) is 10.2 Å². The molecule has 0 saturated carbocycles. The van der Waals surface area contributed by atoms with Crippen molar-refractivity contribution >= 4 is 27.3 Å². The number of thiophene rings is 1. The first-order valence-electron chi connectivity index (χ1n) is 7.63. The van der Waals surface area contributed by atoms with E-state index < -0.39 is 0 Å². The summed E-state index contributed by atoms with van der Waals surface area (Å²) in [5.41, 5.74) is 1.77. The summed E-state index contributed by atoms with van der Waals surface area (Å²) in [7, 11) is 1.63. The van der Waals surface area contributed by atoms with Crippen LogP contribution in [0.4, 0.5) is 0 Å². The average Bonchev–Trinajstić information content (AvgIpc) is 2.92. The highest BCUT2D eigenvalue weighted by Gasteiger charge is 2.16. The lowest BCUT2D eigenvalue weighted by molar-refractivity contribution is 0.102. The normalized spacial score (nSPS) is 11.0. The maximum Gasteiger partial charge on any atom is 0.262 e. The fraction of sp³-hybridized carbons (Fsp3) is 0.278. The van der Waals surface area contributed by atoms with Gasteiger partial charge in [-0.15, -0.1) is 11.3 Å². The van der Waals surface area contributed by atoms with Gasteiger partial charge in [-0.05, 0) is 43.5 Å². The average molecular weight is 342 g/mol. The molecule has 5 nitrogen and oxygen atoms in total. The number of hydrogen-bond donors (Lipinski definition) is 0. The zero-order valence-electron chi connectivity index (χ0n) is 13.8. The number of carbonyl (C=O) groups excluding carboxylic acids is 1. The van der Waals surface area contributed by atoms with Crippen molar-refractivity contribution in [3.8, 4) is 5.75 Å². The van der Waals surface area contributed by atoms with Crippen molar-refractivity contribution in [2.75, 3.05) is 7.11 Å². The SMILES string of the molecule is COc1ccc(CCn2cnc3sc(C(C)=O)c(C)c3c2=O)cc1. The van der Waals surface area contributed by atoms with Crippen molar-refractivity contribution in [3.05, 3.63) is 57.0 Å². The molecule has 24 heavy (non-hydrogen) atoms. The summed E-state index contributed by atoms with van der Waals surface area (Å²) in [4.78, 5) is 30.0. The van der Waals surface area contributed by atoms with E-state index in [4.69, 9.17) is 4.74 Å². The molecule has 2 aromatic heterocycles. The van der Waals surface area contributed by atoms with Gasteiger partial charge in [0, 0.05) is 6.54 Å². The number of fused-ring (bicyclic) bond motifs is 1. The van der Waals surface area contributed by atoms with E-state index in [9.17, 15) is 9.59 Å². The molecule has 0 aliphatic rings. The summed E-state index contributed by atoms with van der Waals surface area (Å²) in [5.74, 6) is 0.782. The van der Waals surface area contributed by atoms with Crippen molar-refractivity contribution in [1.82, 2.24) is 9.55 Å². The Morgan fingerprint density at radius 1 is 1.29 bits per heavy atom. The molecule has 1 aromatic carbocycles. The van der Waals surface area contributed by atoms with Crippen LogP contribution in [0.15, 0.2) is 35.4 Å². The quantitative estimate of drug-likeness (QED) is 0.668. The summed E-state index contributed by atoms with van der Waals surface area (Å²) < 4.78 is 6.75. The highest BCUT2D eigenvalue weighted by molar-refractivity contribution is 7.20. The van der Waals surface area contributed by atoms with Crippen molar-refractivity contribution < 1.29 is 9.53 Å². The third-order valence-electron chi connectivity index (χ3n) is 4.04. The molecule has 6 heteroatoms. The molecule has 124 valence electrons. The Balaban J connectivity index is 1.89. The first-order valence-corrected chi connectivity index (χ1v) is 8.45. The summed E-state index contributed by atoms with van der Waals surface area (Å²) >= 11 is 1.29. The lowest BCUT2D eigenvalue weighted by atomic mass is 10.1. The molecule has 0 aliphatic heterocycles. The first-order chi connectivity index (χ1) is 11.5. The van der Waals surface area contributed by atoms with Crippen LogP contribution in [0.5, 0.6) is 5.75 Å². The Hall–Kier alpha value is -2.47. The molecule has 0 atom stereocenters. The van der Waals surface area contributed by atoms with Crippen LogP contribution in [0.2, 0.25) is 0 Å². The predicted octanol–water partition coefficient (Wildman–Crippen LogP) is 3.22. The molecule has 0 aliphatic carbocycles. The Morgan fingerprint density at radius 3 is 2.62 bits per heavy atom. The summed E-state index contributed by atoms with van der Waals surface area (Å²) in [6, 6.07) is 7.78. The maximum atomic E-state index is 12.7. The number of hydrogen-bond acceptors (Lipinski definition) is 5. The van der Waals surface area contributed by atoms with Gasteiger partial charge in [-0.1, -0.05) is 12.1 Å². The van der Waals surface area contributed by atoms with Crippen LogP contribution in [0.3, 0.4) is 0 Å². The molecular weight excluding hydrogens is 324 g/mol. The number of Topliss-reactive ketones (excluding diaryl/α,β-unsaturated/α-hetero) is 1. The minimum atomic E-state index is -0.0882. The molecule has 0 amide bonds. The van der Waals surface area contributed by atoms with E-state index in [1.165, 1.54) is 18.3 Å². The van der Waals surface area contributed by atoms with Gasteiger partial charge in [-0.3, -0.25) is 14.2 Å². The van der Waals surface area contributed by atoms with Gasteiger partial charge in [-0.2, -0.15) is 0 Å². The van der Waals surface area contributed by atoms with Gasteiger partial charge in [0.25, 0.3) is 5.56 Å². The minimum absolute atomic E-state index is 0.0281. The fourth-order valence-corrected chi connectivity index (χ4v) is 3.73. The Labute approximate surface area is 143 Å². The van der Waals surface area contributed by atoms with Crippen LogP contribution in [0, 0.1) is 6.92 Å². The van der Waals surface area contributed by atoms with E-state index in [1.54, 1.807) is 18.0 Å². The zero-order valence-corrected chi connectivity index (χ0v) is 14.6. The van der Waals surface area contributed by atoms with Crippen molar-refractivity contribution in [3.63, 3.8) is 0 Å². The number of ether oxygens (including phenoxy) is 1. The molecule has 0 spiro atoms. The Bertz CT molecular complexity index is 955. The number of methoxy groups -OCH3 is 1. The second kappa shape index (κ2) is 6.57. The molecule has 0 N–H and O–H groups in total. The third kappa shape index (κ3) is 2.97. The standard InChI is InChI=1S/C18H18N2O3S/c1-11-15-17(24-16(11)12(2)21)19-10-20(18(15)22)9-8-13-4-6-14(23-3)7-5-13/h4-7,10H,8-9H2,1-3H3. The maximum absolute atomic E-state index is 12.7. The largest absolute Gasteiger partial charge is 0.497 e. The number of aromatic nitrogens is 2. The van der Waals surface area contributed by atoms with E-state index in [1.807, 2.05) is 31.2 Å². The lowest BCUT2D eigenvalue weighted by Crippen LogP contribution is -2.21. The molecule has 0 bridgehead atoms. The third-order valence-corrected chi connectivity index (χ3v) is 5.34. The van der Waals surface area contributed by atoms with Crippen molar-refractivity contribution in [1.29, 1.82) is 0 Å².